The van der Waals surface area contributed by atoms with E-state index in [0.717, 1.165) is 40.3 Å². The molecule has 0 spiro atoms. The highest BCUT2D eigenvalue weighted by Gasteiger charge is 2.41. The first-order chi connectivity index (χ1) is 25.6. The van der Waals surface area contributed by atoms with Crippen LogP contribution >= 0.6 is 0 Å². The first kappa shape index (κ1) is 29.4. The SMILES string of the molecule is CCc1nc2ccccc2n1-c1ccccc1-n1c2ccccc2c2c1c1c(c3c4ccccc4n(-c4ccccc4)c32)C(C)(C)c2ccccc2-1. The second-order valence-corrected chi connectivity index (χ2v) is 14.6. The molecule has 1 aliphatic carbocycles. The summed E-state index contributed by atoms with van der Waals surface area (Å²) in [6.45, 7) is 7.04. The molecule has 248 valence electrons. The van der Waals surface area contributed by atoms with Crippen LogP contribution in [0.3, 0.4) is 0 Å². The Hall–Kier alpha value is -6.39. The van der Waals surface area contributed by atoms with Crippen LogP contribution in [0, 0.1) is 0 Å². The predicted molar refractivity (Wildman–Crippen MR) is 217 cm³/mol. The highest BCUT2D eigenvalue weighted by Crippen LogP contribution is 2.58. The molecule has 0 N–H and O–H groups in total. The summed E-state index contributed by atoms with van der Waals surface area (Å²) in [4.78, 5) is 5.12. The summed E-state index contributed by atoms with van der Waals surface area (Å²) >= 11 is 0. The maximum Gasteiger partial charge on any atom is 0.114 e. The number of imidazole rings is 1. The van der Waals surface area contributed by atoms with E-state index in [1.54, 1.807) is 0 Å². The van der Waals surface area contributed by atoms with E-state index in [1.165, 1.54) is 65.9 Å². The van der Waals surface area contributed by atoms with E-state index < -0.39 is 0 Å². The predicted octanol–water partition coefficient (Wildman–Crippen LogP) is 12.1. The minimum Gasteiger partial charge on any atom is -0.309 e. The average Bonchev–Trinajstić information content (AvgIpc) is 3.90. The van der Waals surface area contributed by atoms with Crippen LogP contribution in [0.15, 0.2) is 152 Å². The molecule has 3 heterocycles. The van der Waals surface area contributed by atoms with Crippen molar-refractivity contribution in [2.45, 2.75) is 32.6 Å². The minimum absolute atomic E-state index is 0.235. The monoisotopic (exact) mass is 668 g/mol. The molecule has 52 heavy (non-hydrogen) atoms. The van der Waals surface area contributed by atoms with Crippen molar-refractivity contribution in [1.82, 2.24) is 18.7 Å². The van der Waals surface area contributed by atoms with Gasteiger partial charge in [-0.1, -0.05) is 124 Å². The molecule has 0 amide bonds. The van der Waals surface area contributed by atoms with Crippen molar-refractivity contribution in [1.29, 1.82) is 0 Å². The smallest absolute Gasteiger partial charge is 0.114 e. The van der Waals surface area contributed by atoms with Crippen LogP contribution in [0.2, 0.25) is 0 Å². The first-order valence-electron chi connectivity index (χ1n) is 18.3. The molecule has 0 saturated carbocycles. The summed E-state index contributed by atoms with van der Waals surface area (Å²) in [5, 5.41) is 5.15. The van der Waals surface area contributed by atoms with Gasteiger partial charge in [0.05, 0.1) is 44.5 Å². The van der Waals surface area contributed by atoms with Crippen LogP contribution in [-0.2, 0) is 11.8 Å². The van der Waals surface area contributed by atoms with Crippen molar-refractivity contribution >= 4 is 54.6 Å². The Bertz CT molecular complexity index is 3080. The molecule has 7 aromatic carbocycles. The van der Waals surface area contributed by atoms with Crippen LogP contribution in [0.25, 0.3) is 82.8 Å². The Balaban J connectivity index is 1.43. The number of aromatic nitrogens is 4. The van der Waals surface area contributed by atoms with E-state index in [9.17, 15) is 0 Å². The topological polar surface area (TPSA) is 27.7 Å². The van der Waals surface area contributed by atoms with Crippen LogP contribution < -0.4 is 0 Å². The fourth-order valence-electron chi connectivity index (χ4n) is 9.48. The number of nitrogens with zero attached hydrogens (tertiary/aromatic N) is 4. The van der Waals surface area contributed by atoms with Crippen LogP contribution in [0.5, 0.6) is 0 Å². The molecule has 1 aliphatic rings. The third kappa shape index (κ3) is 3.68. The fourth-order valence-corrected chi connectivity index (χ4v) is 9.48. The van der Waals surface area contributed by atoms with Gasteiger partial charge in [-0.05, 0) is 65.2 Å². The molecule has 0 fully saturated rings. The largest absolute Gasteiger partial charge is 0.309 e. The third-order valence-corrected chi connectivity index (χ3v) is 11.5. The Morgan fingerprint density at radius 3 is 1.85 bits per heavy atom. The zero-order chi connectivity index (χ0) is 34.7. The number of hydrogen-bond acceptors (Lipinski definition) is 1. The Morgan fingerprint density at radius 1 is 0.519 bits per heavy atom. The molecule has 0 aliphatic heterocycles. The first-order valence-corrected chi connectivity index (χ1v) is 18.3. The molecular formula is C48H36N4. The zero-order valence-corrected chi connectivity index (χ0v) is 29.4. The molecule has 10 aromatic rings. The summed E-state index contributed by atoms with van der Waals surface area (Å²) in [7, 11) is 0. The molecule has 0 atom stereocenters. The summed E-state index contributed by atoms with van der Waals surface area (Å²) in [5.74, 6) is 1.05. The van der Waals surface area contributed by atoms with Crippen molar-refractivity contribution in [2.24, 2.45) is 0 Å². The van der Waals surface area contributed by atoms with E-state index in [4.69, 9.17) is 4.98 Å². The molecule has 0 bridgehead atoms. The third-order valence-electron chi connectivity index (χ3n) is 11.5. The van der Waals surface area contributed by atoms with Crippen LogP contribution in [0.1, 0.15) is 37.7 Å². The Morgan fingerprint density at radius 2 is 1.10 bits per heavy atom. The summed E-state index contributed by atoms with van der Waals surface area (Å²) < 4.78 is 7.47. The van der Waals surface area contributed by atoms with E-state index in [2.05, 4.69) is 186 Å². The minimum atomic E-state index is -0.235. The van der Waals surface area contributed by atoms with E-state index >= 15 is 0 Å². The maximum absolute atomic E-state index is 5.12. The summed E-state index contributed by atoms with van der Waals surface area (Å²) in [6, 6.07) is 55.4. The van der Waals surface area contributed by atoms with E-state index in [0.29, 0.717) is 0 Å². The number of fused-ring (bicyclic) bond motifs is 13. The van der Waals surface area contributed by atoms with Gasteiger partial charge in [0.25, 0.3) is 0 Å². The standard InChI is InChI=1S/C48H36N4/c1-4-41-49-35-24-12-15-27-38(35)51(41)39-28-16-17-29-40(39)52-37-26-14-10-22-33(37)44-46-43(32-21-9-13-25-36(32)50(46)30-18-6-5-7-19-30)45-42(47(44)52)31-20-8-11-23-34(31)48(45,2)3/h5-29H,4H2,1-3H3. The second kappa shape index (κ2) is 10.6. The molecular weight excluding hydrogens is 633 g/mol. The lowest BCUT2D eigenvalue weighted by atomic mass is 9.80. The second-order valence-electron chi connectivity index (χ2n) is 14.6. The molecule has 11 rings (SSSR count). The molecule has 0 saturated heterocycles. The van der Waals surface area contributed by atoms with Gasteiger partial charge in [-0.3, -0.25) is 4.57 Å². The number of aryl methyl sites for hydroxylation is 1. The van der Waals surface area contributed by atoms with Crippen LogP contribution in [0.4, 0.5) is 0 Å². The van der Waals surface area contributed by atoms with Crippen LogP contribution in [-0.4, -0.2) is 18.7 Å². The van der Waals surface area contributed by atoms with Gasteiger partial charge in [-0.2, -0.15) is 0 Å². The van der Waals surface area contributed by atoms with Crippen molar-refractivity contribution in [3.05, 3.63) is 169 Å². The maximum atomic E-state index is 5.12. The Kier molecular flexibility index (Phi) is 5.96. The molecule has 0 unspecified atom stereocenters. The van der Waals surface area contributed by atoms with Crippen molar-refractivity contribution in [3.8, 4) is 28.2 Å². The lowest BCUT2D eigenvalue weighted by molar-refractivity contribution is 0.667. The summed E-state index contributed by atoms with van der Waals surface area (Å²) in [5.41, 5.74) is 15.7. The van der Waals surface area contributed by atoms with Gasteiger partial charge in [-0.25, -0.2) is 4.98 Å². The van der Waals surface area contributed by atoms with Gasteiger partial charge in [0.15, 0.2) is 0 Å². The highest BCUT2D eigenvalue weighted by molar-refractivity contribution is 6.31. The average molecular weight is 669 g/mol. The van der Waals surface area contributed by atoms with Gasteiger partial charge >= 0.3 is 0 Å². The van der Waals surface area contributed by atoms with Gasteiger partial charge in [0.2, 0.25) is 0 Å². The number of para-hydroxylation sites is 7. The lowest BCUT2D eigenvalue weighted by Gasteiger charge is -2.23. The van der Waals surface area contributed by atoms with Crippen molar-refractivity contribution in [3.63, 3.8) is 0 Å². The van der Waals surface area contributed by atoms with Gasteiger partial charge in [-0.15, -0.1) is 0 Å². The van der Waals surface area contributed by atoms with E-state index in [1.807, 2.05) is 0 Å². The Labute approximate surface area is 301 Å². The molecule has 4 heteroatoms. The number of hydrogen-bond donors (Lipinski definition) is 0. The normalized spacial score (nSPS) is 13.5. The molecule has 0 radical (unpaired) electrons. The van der Waals surface area contributed by atoms with Gasteiger partial charge in [0, 0.05) is 44.6 Å². The quantitative estimate of drug-likeness (QED) is 0.183. The van der Waals surface area contributed by atoms with Gasteiger partial charge in [0.1, 0.15) is 5.82 Å². The number of rotatable bonds is 4. The van der Waals surface area contributed by atoms with Crippen molar-refractivity contribution < 1.29 is 0 Å². The molecule has 4 nitrogen and oxygen atoms in total. The summed E-state index contributed by atoms with van der Waals surface area (Å²) in [6.07, 6.45) is 0.824. The zero-order valence-electron chi connectivity index (χ0n) is 29.4. The van der Waals surface area contributed by atoms with Gasteiger partial charge < -0.3 is 9.13 Å². The van der Waals surface area contributed by atoms with E-state index in [-0.39, 0.29) is 5.41 Å². The van der Waals surface area contributed by atoms with Crippen molar-refractivity contribution in [2.75, 3.05) is 0 Å². The molecule has 3 aromatic heterocycles. The fraction of sp³-hybridized carbons (Fsp3) is 0.104. The highest BCUT2D eigenvalue weighted by atomic mass is 15.1. The number of benzene rings is 7. The lowest BCUT2D eigenvalue weighted by Crippen LogP contribution is -2.15.